The molecule has 45 heavy (non-hydrogen) atoms. The van der Waals surface area contributed by atoms with Crippen LogP contribution in [0.2, 0.25) is 0 Å². The number of hydrogen-bond donors (Lipinski definition) is 3. The molecular weight excluding hydrogens is 567 g/mol. The fourth-order valence-electron chi connectivity index (χ4n) is 5.30. The number of carbonyl (C=O) groups is 2. The maximum atomic E-state index is 14.2. The highest BCUT2D eigenvalue weighted by Crippen LogP contribution is 2.32. The van der Waals surface area contributed by atoms with Crippen LogP contribution in [0.3, 0.4) is 0 Å². The van der Waals surface area contributed by atoms with Gasteiger partial charge in [0.05, 0.1) is 28.3 Å². The van der Waals surface area contributed by atoms with Crippen LogP contribution in [0.25, 0.3) is 22.0 Å². The number of aromatic nitrogens is 1. The summed E-state index contributed by atoms with van der Waals surface area (Å²) in [5.41, 5.74) is 6.59. The largest absolute Gasteiger partial charge is 0.478 e. The molecule has 0 radical (unpaired) electrons. The SMILES string of the molecule is N#Cc1cc(F)cc(Nc2ccc(C(=O)NCc3ccc(C(=O)O)cc3)c3c2ccn3Cc2ccc(-c3ccccc3)cc2)c1. The predicted molar refractivity (Wildman–Crippen MR) is 172 cm³/mol. The lowest BCUT2D eigenvalue weighted by atomic mass is 10.0. The van der Waals surface area contributed by atoms with Gasteiger partial charge in [-0.2, -0.15) is 5.26 Å². The van der Waals surface area contributed by atoms with E-state index in [1.54, 1.807) is 30.3 Å². The number of nitrogens with zero attached hydrogens (tertiary/aromatic N) is 2. The highest BCUT2D eigenvalue weighted by molar-refractivity contribution is 6.09. The van der Waals surface area contributed by atoms with Crippen molar-refractivity contribution in [3.63, 3.8) is 0 Å². The minimum atomic E-state index is -1.01. The third-order valence-corrected chi connectivity index (χ3v) is 7.54. The number of benzene rings is 5. The van der Waals surface area contributed by atoms with E-state index in [2.05, 4.69) is 47.0 Å². The Morgan fingerprint density at radius 1 is 0.822 bits per heavy atom. The summed E-state index contributed by atoms with van der Waals surface area (Å²) in [6, 6.07) is 36.1. The van der Waals surface area contributed by atoms with E-state index in [0.29, 0.717) is 29.0 Å². The van der Waals surface area contributed by atoms with E-state index in [1.807, 2.05) is 41.1 Å². The summed E-state index contributed by atoms with van der Waals surface area (Å²) in [7, 11) is 0. The third kappa shape index (κ3) is 6.43. The van der Waals surface area contributed by atoms with Crippen molar-refractivity contribution in [3.05, 3.63) is 155 Å². The van der Waals surface area contributed by atoms with Crippen LogP contribution in [0.15, 0.2) is 121 Å². The Kier molecular flexibility index (Phi) is 8.08. The van der Waals surface area contributed by atoms with E-state index < -0.39 is 11.8 Å². The predicted octanol–water partition coefficient (Wildman–Crippen LogP) is 7.74. The summed E-state index contributed by atoms with van der Waals surface area (Å²) in [6.45, 7) is 0.708. The van der Waals surface area contributed by atoms with E-state index in [1.165, 1.54) is 24.3 Å². The van der Waals surface area contributed by atoms with E-state index in [4.69, 9.17) is 5.11 Å². The molecule has 0 aliphatic rings. The molecule has 7 nitrogen and oxygen atoms in total. The number of carboxylic acid groups (broad SMARTS) is 1. The summed E-state index contributed by atoms with van der Waals surface area (Å²) >= 11 is 0. The molecule has 0 saturated carbocycles. The smallest absolute Gasteiger partial charge is 0.335 e. The number of halogens is 1. The number of nitrogens with one attached hydrogen (secondary N) is 2. The number of fused-ring (bicyclic) bond motifs is 1. The second-order valence-electron chi connectivity index (χ2n) is 10.6. The zero-order valence-corrected chi connectivity index (χ0v) is 24.0. The Hall–Kier alpha value is -6.20. The highest BCUT2D eigenvalue weighted by atomic mass is 19.1. The first-order valence-corrected chi connectivity index (χ1v) is 14.2. The first kappa shape index (κ1) is 28.9. The molecule has 0 atom stereocenters. The second kappa shape index (κ2) is 12.6. The molecule has 220 valence electrons. The van der Waals surface area contributed by atoms with Gasteiger partial charge in [-0.15, -0.1) is 0 Å². The summed E-state index contributed by atoms with van der Waals surface area (Å²) in [4.78, 5) is 24.8. The monoisotopic (exact) mass is 594 g/mol. The van der Waals surface area contributed by atoms with Crippen LogP contribution in [-0.2, 0) is 13.1 Å². The molecule has 0 unspecified atom stereocenters. The molecular formula is C37H27FN4O3. The van der Waals surface area contributed by atoms with Crippen LogP contribution >= 0.6 is 0 Å². The van der Waals surface area contributed by atoms with E-state index >= 15 is 0 Å². The minimum Gasteiger partial charge on any atom is -0.478 e. The Morgan fingerprint density at radius 2 is 1.53 bits per heavy atom. The maximum Gasteiger partial charge on any atom is 0.335 e. The van der Waals surface area contributed by atoms with Crippen molar-refractivity contribution in [3.8, 4) is 17.2 Å². The quantitative estimate of drug-likeness (QED) is 0.159. The number of anilines is 2. The zero-order valence-electron chi connectivity index (χ0n) is 24.0. The van der Waals surface area contributed by atoms with Crippen molar-refractivity contribution >= 4 is 34.2 Å². The van der Waals surface area contributed by atoms with Crippen LogP contribution in [0.1, 0.15) is 37.4 Å². The summed E-state index contributed by atoms with van der Waals surface area (Å²) < 4.78 is 16.2. The van der Waals surface area contributed by atoms with Crippen molar-refractivity contribution in [2.24, 2.45) is 0 Å². The van der Waals surface area contributed by atoms with Gasteiger partial charge in [0.1, 0.15) is 5.82 Å². The third-order valence-electron chi connectivity index (χ3n) is 7.54. The average Bonchev–Trinajstić information content (AvgIpc) is 3.48. The minimum absolute atomic E-state index is 0.171. The number of aromatic carboxylic acids is 1. The maximum absolute atomic E-state index is 14.2. The number of rotatable bonds is 9. The van der Waals surface area contributed by atoms with Gasteiger partial charge in [0, 0.05) is 36.0 Å². The van der Waals surface area contributed by atoms with Gasteiger partial charge in [0.25, 0.3) is 5.91 Å². The molecule has 0 fully saturated rings. The number of carbonyl (C=O) groups excluding carboxylic acids is 1. The number of carboxylic acids is 1. The van der Waals surface area contributed by atoms with Crippen LogP contribution < -0.4 is 10.6 Å². The molecule has 0 aliphatic heterocycles. The number of hydrogen-bond acceptors (Lipinski definition) is 4. The zero-order chi connectivity index (χ0) is 31.3. The average molecular weight is 595 g/mol. The molecule has 6 aromatic rings. The van der Waals surface area contributed by atoms with Gasteiger partial charge < -0.3 is 20.3 Å². The molecule has 5 aromatic carbocycles. The van der Waals surface area contributed by atoms with Gasteiger partial charge in [0.15, 0.2) is 0 Å². The molecule has 0 spiro atoms. The lowest BCUT2D eigenvalue weighted by molar-refractivity contribution is 0.0696. The van der Waals surface area contributed by atoms with Gasteiger partial charge in [-0.3, -0.25) is 4.79 Å². The van der Waals surface area contributed by atoms with Crippen molar-refractivity contribution in [2.45, 2.75) is 13.1 Å². The topological polar surface area (TPSA) is 107 Å². The summed E-state index contributed by atoms with van der Waals surface area (Å²) in [5.74, 6) is -1.85. The van der Waals surface area contributed by atoms with Crippen LogP contribution in [-0.4, -0.2) is 21.6 Å². The molecule has 1 aromatic heterocycles. The highest BCUT2D eigenvalue weighted by Gasteiger charge is 2.17. The van der Waals surface area contributed by atoms with E-state index in [9.17, 15) is 19.2 Å². The molecule has 0 saturated heterocycles. The van der Waals surface area contributed by atoms with Gasteiger partial charge >= 0.3 is 5.97 Å². The molecule has 6 rings (SSSR count). The van der Waals surface area contributed by atoms with Crippen LogP contribution in [0.4, 0.5) is 15.8 Å². The second-order valence-corrected chi connectivity index (χ2v) is 10.6. The Labute approximate surface area is 258 Å². The van der Waals surface area contributed by atoms with Gasteiger partial charge in [-0.25, -0.2) is 9.18 Å². The fraction of sp³-hybridized carbons (Fsp3) is 0.0541. The standard InChI is InChI=1S/C37H27FN4O3/c38-30-18-26(21-39)19-31(20-30)41-34-15-14-33(36(43)40-22-24-6-12-29(13-7-24)37(44)45)35-32(34)16-17-42(35)23-25-8-10-28(11-9-25)27-4-2-1-3-5-27/h1-20,41H,22-23H2,(H,40,43)(H,44,45). The van der Waals surface area contributed by atoms with Crippen LogP contribution in [0, 0.1) is 17.1 Å². The summed E-state index contributed by atoms with van der Waals surface area (Å²) in [6.07, 6.45) is 1.91. The van der Waals surface area contributed by atoms with E-state index in [0.717, 1.165) is 27.6 Å². The molecule has 0 bridgehead atoms. The van der Waals surface area contributed by atoms with Gasteiger partial charge in [0.2, 0.25) is 0 Å². The number of amides is 1. The van der Waals surface area contributed by atoms with Crippen molar-refractivity contribution in [1.82, 2.24) is 9.88 Å². The Balaban J connectivity index is 1.33. The fourth-order valence-corrected chi connectivity index (χ4v) is 5.30. The lowest BCUT2D eigenvalue weighted by Gasteiger charge is -2.15. The normalized spacial score (nSPS) is 10.8. The molecule has 1 amide bonds. The first-order chi connectivity index (χ1) is 21.9. The van der Waals surface area contributed by atoms with Gasteiger partial charge in [-0.05, 0) is 70.8 Å². The molecule has 3 N–H and O–H groups in total. The van der Waals surface area contributed by atoms with Crippen molar-refractivity contribution < 1.29 is 19.1 Å². The Morgan fingerprint density at radius 3 is 2.24 bits per heavy atom. The summed E-state index contributed by atoms with van der Waals surface area (Å²) in [5, 5.41) is 25.4. The molecule has 1 heterocycles. The molecule has 8 heteroatoms. The Bertz CT molecular complexity index is 2060. The van der Waals surface area contributed by atoms with Gasteiger partial charge in [-0.1, -0.05) is 66.7 Å². The first-order valence-electron chi connectivity index (χ1n) is 14.2. The number of nitriles is 1. The van der Waals surface area contributed by atoms with E-state index in [-0.39, 0.29) is 23.6 Å². The van der Waals surface area contributed by atoms with Crippen LogP contribution in [0.5, 0.6) is 0 Å². The lowest BCUT2D eigenvalue weighted by Crippen LogP contribution is -2.23. The van der Waals surface area contributed by atoms with Crippen molar-refractivity contribution in [2.75, 3.05) is 5.32 Å². The van der Waals surface area contributed by atoms with Crippen molar-refractivity contribution in [1.29, 1.82) is 5.26 Å². The molecule has 0 aliphatic carbocycles.